The van der Waals surface area contributed by atoms with E-state index in [9.17, 15) is 10.1 Å². The highest BCUT2D eigenvalue weighted by molar-refractivity contribution is 6.30. The summed E-state index contributed by atoms with van der Waals surface area (Å²) in [5.41, 5.74) is 0.728. The molecular weight excluding hydrogens is 268 g/mol. The van der Waals surface area contributed by atoms with Crippen LogP contribution in [-0.4, -0.2) is 30.5 Å². The highest BCUT2D eigenvalue weighted by Gasteiger charge is 2.14. The normalized spacial score (nSPS) is 14.5. The van der Waals surface area contributed by atoms with Crippen molar-refractivity contribution in [1.29, 1.82) is 0 Å². The standard InChI is InChI=1S/C12H15ClN4O2/c13-10-3-2-9(11(8-10)17(18)19)4-7-16-12-14-5-1-6-15-12/h2-3,8H,1,4-7H2,(H2,14,15,16). The molecule has 2 rings (SSSR count). The Morgan fingerprint density at radius 2 is 2.37 bits per heavy atom. The number of hydrogen-bond acceptors (Lipinski definition) is 5. The van der Waals surface area contributed by atoms with Crippen LogP contribution in [0.3, 0.4) is 0 Å². The van der Waals surface area contributed by atoms with Crippen molar-refractivity contribution in [2.45, 2.75) is 12.8 Å². The second-order valence-electron chi connectivity index (χ2n) is 4.22. The topological polar surface area (TPSA) is 79.6 Å². The van der Waals surface area contributed by atoms with Crippen molar-refractivity contribution in [3.8, 4) is 0 Å². The summed E-state index contributed by atoms with van der Waals surface area (Å²) < 4.78 is 0. The lowest BCUT2D eigenvalue weighted by Crippen LogP contribution is -2.41. The van der Waals surface area contributed by atoms with Gasteiger partial charge in [-0.1, -0.05) is 17.7 Å². The fourth-order valence-electron chi connectivity index (χ4n) is 1.88. The second kappa shape index (κ2) is 6.38. The Balaban J connectivity index is 1.95. The Kier molecular flexibility index (Phi) is 4.57. The van der Waals surface area contributed by atoms with Crippen molar-refractivity contribution in [3.05, 3.63) is 38.9 Å². The molecule has 0 saturated heterocycles. The molecule has 1 aromatic rings. The van der Waals surface area contributed by atoms with Gasteiger partial charge in [-0.15, -0.1) is 0 Å². The van der Waals surface area contributed by atoms with Crippen LogP contribution < -0.4 is 10.6 Å². The number of guanidine groups is 1. The van der Waals surface area contributed by atoms with Gasteiger partial charge in [0.25, 0.3) is 5.69 Å². The van der Waals surface area contributed by atoms with E-state index in [1.807, 2.05) is 0 Å². The monoisotopic (exact) mass is 282 g/mol. The minimum absolute atomic E-state index is 0.0628. The molecule has 6 nitrogen and oxygen atoms in total. The molecule has 0 saturated carbocycles. The summed E-state index contributed by atoms with van der Waals surface area (Å²) in [6, 6.07) is 4.74. The van der Waals surface area contributed by atoms with Crippen LogP contribution in [0.1, 0.15) is 12.0 Å². The molecule has 0 amide bonds. The van der Waals surface area contributed by atoms with E-state index >= 15 is 0 Å². The van der Waals surface area contributed by atoms with Gasteiger partial charge in [-0.2, -0.15) is 0 Å². The summed E-state index contributed by atoms with van der Waals surface area (Å²) in [5.74, 6) is 0.767. The molecule has 0 atom stereocenters. The van der Waals surface area contributed by atoms with E-state index in [0.717, 1.165) is 25.5 Å². The number of halogens is 1. The van der Waals surface area contributed by atoms with E-state index < -0.39 is 4.92 Å². The number of rotatable bonds is 4. The Morgan fingerprint density at radius 3 is 3.05 bits per heavy atom. The zero-order valence-corrected chi connectivity index (χ0v) is 11.1. The molecule has 19 heavy (non-hydrogen) atoms. The third-order valence-corrected chi connectivity index (χ3v) is 3.06. The van der Waals surface area contributed by atoms with Gasteiger partial charge in [-0.25, -0.2) is 0 Å². The summed E-state index contributed by atoms with van der Waals surface area (Å²) in [7, 11) is 0. The van der Waals surface area contributed by atoms with E-state index in [-0.39, 0.29) is 5.69 Å². The molecule has 1 heterocycles. The van der Waals surface area contributed by atoms with Crippen molar-refractivity contribution in [2.24, 2.45) is 4.99 Å². The van der Waals surface area contributed by atoms with Crippen LogP contribution in [0.4, 0.5) is 5.69 Å². The summed E-state index contributed by atoms with van der Waals surface area (Å²) in [4.78, 5) is 14.8. The maximum absolute atomic E-state index is 10.9. The van der Waals surface area contributed by atoms with Crippen molar-refractivity contribution < 1.29 is 4.92 Å². The molecule has 0 unspecified atom stereocenters. The predicted molar refractivity (Wildman–Crippen MR) is 74.7 cm³/mol. The molecule has 0 bridgehead atoms. The number of nitrogens with one attached hydrogen (secondary N) is 2. The van der Waals surface area contributed by atoms with E-state index in [4.69, 9.17) is 11.6 Å². The summed E-state index contributed by atoms with van der Waals surface area (Å²) in [5, 5.41) is 17.6. The molecule has 1 aromatic carbocycles. The molecule has 102 valence electrons. The Morgan fingerprint density at radius 1 is 1.53 bits per heavy atom. The molecule has 0 radical (unpaired) electrons. The summed E-state index contributed by atoms with van der Waals surface area (Å²) in [6.07, 6.45) is 1.59. The first-order valence-electron chi connectivity index (χ1n) is 6.12. The minimum atomic E-state index is -0.405. The average Bonchev–Trinajstić information content (AvgIpc) is 2.41. The van der Waals surface area contributed by atoms with Gasteiger partial charge in [0.05, 0.1) is 4.92 Å². The molecule has 2 N–H and O–H groups in total. The van der Waals surface area contributed by atoms with Crippen LogP contribution in [0.5, 0.6) is 0 Å². The van der Waals surface area contributed by atoms with Crippen LogP contribution in [0, 0.1) is 10.1 Å². The van der Waals surface area contributed by atoms with Gasteiger partial charge in [0, 0.05) is 36.3 Å². The van der Waals surface area contributed by atoms with E-state index in [2.05, 4.69) is 15.6 Å². The minimum Gasteiger partial charge on any atom is -0.356 e. The maximum atomic E-state index is 10.9. The fourth-order valence-corrected chi connectivity index (χ4v) is 2.05. The van der Waals surface area contributed by atoms with Crippen LogP contribution in [0.15, 0.2) is 23.2 Å². The van der Waals surface area contributed by atoms with Crippen LogP contribution >= 0.6 is 11.6 Å². The molecule has 0 aliphatic carbocycles. The molecule has 0 spiro atoms. The number of benzene rings is 1. The van der Waals surface area contributed by atoms with Crippen LogP contribution in [0.25, 0.3) is 0 Å². The first-order chi connectivity index (χ1) is 9.16. The fraction of sp³-hybridized carbons (Fsp3) is 0.417. The van der Waals surface area contributed by atoms with E-state index in [0.29, 0.717) is 23.6 Å². The molecule has 1 aliphatic heterocycles. The Labute approximate surface area is 116 Å². The van der Waals surface area contributed by atoms with Gasteiger partial charge >= 0.3 is 0 Å². The first-order valence-corrected chi connectivity index (χ1v) is 6.49. The zero-order chi connectivity index (χ0) is 13.7. The average molecular weight is 283 g/mol. The van der Waals surface area contributed by atoms with Crippen molar-refractivity contribution >= 4 is 23.2 Å². The SMILES string of the molecule is O=[N+]([O-])c1cc(Cl)ccc1CCNC1=NCCCN1. The van der Waals surface area contributed by atoms with Crippen molar-refractivity contribution in [3.63, 3.8) is 0 Å². The quantitative estimate of drug-likeness (QED) is 0.651. The second-order valence-corrected chi connectivity index (χ2v) is 4.65. The summed E-state index contributed by atoms with van der Waals surface area (Å²) in [6.45, 7) is 2.32. The largest absolute Gasteiger partial charge is 0.356 e. The van der Waals surface area contributed by atoms with E-state index in [1.165, 1.54) is 6.07 Å². The molecular formula is C12H15ClN4O2. The Bertz CT molecular complexity index is 505. The van der Waals surface area contributed by atoms with Gasteiger partial charge in [-0.05, 0) is 18.9 Å². The molecule has 7 heteroatoms. The summed E-state index contributed by atoms with van der Waals surface area (Å²) >= 11 is 5.77. The van der Waals surface area contributed by atoms with Gasteiger partial charge in [0.1, 0.15) is 0 Å². The molecule has 0 fully saturated rings. The highest BCUT2D eigenvalue weighted by atomic mass is 35.5. The lowest BCUT2D eigenvalue weighted by atomic mass is 10.1. The van der Waals surface area contributed by atoms with Crippen molar-refractivity contribution in [1.82, 2.24) is 10.6 Å². The smallest absolute Gasteiger partial charge is 0.274 e. The molecule has 0 aromatic heterocycles. The molecule has 1 aliphatic rings. The maximum Gasteiger partial charge on any atom is 0.274 e. The van der Waals surface area contributed by atoms with Gasteiger partial charge in [0.2, 0.25) is 0 Å². The highest BCUT2D eigenvalue weighted by Crippen LogP contribution is 2.23. The third-order valence-electron chi connectivity index (χ3n) is 2.83. The number of aliphatic imine (C=N–C) groups is 1. The Hall–Kier alpha value is -1.82. The predicted octanol–water partition coefficient (Wildman–Crippen LogP) is 1.73. The van der Waals surface area contributed by atoms with Gasteiger partial charge in [-0.3, -0.25) is 15.1 Å². The zero-order valence-electron chi connectivity index (χ0n) is 10.4. The van der Waals surface area contributed by atoms with Crippen LogP contribution in [-0.2, 0) is 6.42 Å². The van der Waals surface area contributed by atoms with Gasteiger partial charge in [0.15, 0.2) is 5.96 Å². The number of nitrogens with zero attached hydrogens (tertiary/aromatic N) is 2. The third kappa shape index (κ3) is 3.82. The van der Waals surface area contributed by atoms with Gasteiger partial charge < -0.3 is 10.6 Å². The number of nitro benzene ring substituents is 1. The lowest BCUT2D eigenvalue weighted by molar-refractivity contribution is -0.385. The number of nitro groups is 1. The van der Waals surface area contributed by atoms with E-state index in [1.54, 1.807) is 12.1 Å². The van der Waals surface area contributed by atoms with Crippen molar-refractivity contribution in [2.75, 3.05) is 19.6 Å². The lowest BCUT2D eigenvalue weighted by Gasteiger charge is -2.15. The first kappa shape index (κ1) is 13.6. The van der Waals surface area contributed by atoms with Crippen LogP contribution in [0.2, 0.25) is 5.02 Å². The number of hydrogen-bond donors (Lipinski definition) is 2.